The SMILES string of the molecule is [2H]C([2H])([2H])c1c[c-]c(-c2cc(C([2H])(C)C)c([Si](C)(C)C)cn2)cc1.[2H]C1(c2ccnc(-c3[c-]cc(C#N)c4c3oc3cc(-c5ccccc5)ccc34)c2)CCCCC1.[Ir]. The van der Waals surface area contributed by atoms with Crippen LogP contribution in [-0.2, 0) is 20.1 Å². The predicted molar refractivity (Wildman–Crippen MR) is 222 cm³/mol. The van der Waals surface area contributed by atoms with Gasteiger partial charge in [-0.05, 0) is 75.4 Å². The number of nitrogens with zero attached hydrogens (tertiary/aromatic N) is 3. The van der Waals surface area contributed by atoms with Crippen molar-refractivity contribution in [3.8, 4) is 39.7 Å². The first kappa shape index (κ1) is 32.7. The smallest absolute Gasteiger partial charge is 0.121 e. The van der Waals surface area contributed by atoms with Gasteiger partial charge in [-0.25, -0.2) is 5.26 Å². The molecule has 0 atom stereocenters. The molecule has 0 spiro atoms. The second-order valence-electron chi connectivity index (χ2n) is 15.0. The first-order valence-corrected chi connectivity index (χ1v) is 21.8. The maximum absolute atomic E-state index is 9.80. The van der Waals surface area contributed by atoms with Crippen molar-refractivity contribution in [2.75, 3.05) is 0 Å². The molecule has 1 radical (unpaired) electrons. The van der Waals surface area contributed by atoms with Gasteiger partial charge in [0.05, 0.1) is 13.7 Å². The van der Waals surface area contributed by atoms with E-state index in [4.69, 9.17) is 11.3 Å². The molecule has 1 fully saturated rings. The Morgan fingerprint density at radius 3 is 2.39 bits per heavy atom. The molecule has 0 saturated heterocycles. The van der Waals surface area contributed by atoms with Gasteiger partial charge in [0.2, 0.25) is 0 Å². The molecular weight excluding hydrogens is 855 g/mol. The van der Waals surface area contributed by atoms with Gasteiger partial charge in [0.25, 0.3) is 0 Å². The monoisotopic (exact) mass is 907 g/mol. The summed E-state index contributed by atoms with van der Waals surface area (Å²) in [6.07, 6.45) is 8.78. The molecule has 0 bridgehead atoms. The Bertz CT molecular complexity index is 2630. The molecule has 0 aliphatic heterocycles. The number of aromatic nitrogens is 2. The fraction of sp³-hybridized carbons (Fsp3) is 0.271. The average Bonchev–Trinajstić information content (AvgIpc) is 3.59. The maximum atomic E-state index is 9.80. The molecule has 275 valence electrons. The average molecular weight is 907 g/mol. The van der Waals surface area contributed by atoms with Gasteiger partial charge in [0, 0.05) is 50.8 Å². The molecule has 0 amide bonds. The number of rotatable bonds is 6. The summed E-state index contributed by atoms with van der Waals surface area (Å²) in [6, 6.07) is 37.4. The van der Waals surface area contributed by atoms with Crippen LogP contribution in [0.4, 0.5) is 0 Å². The number of furan rings is 1. The Balaban J connectivity index is 0.000000208. The third-order valence-corrected chi connectivity index (χ3v) is 12.0. The first-order chi connectivity index (χ1) is 27.5. The van der Waals surface area contributed by atoms with Crippen molar-refractivity contribution in [1.29, 1.82) is 5.26 Å². The van der Waals surface area contributed by atoms with E-state index in [9.17, 15) is 5.26 Å². The maximum Gasteiger partial charge on any atom is 0.121 e. The standard InChI is InChI=1S/C30H23N2O.C18H24NSi.Ir/c31-19-24-12-13-25(27-17-23(15-16-32-27)21-9-5-2-6-10-21)30-29(24)26-14-11-22(18-28(26)33-30)20-7-3-1-4-8-20;1-13(2)16-11-17(15-9-7-14(3)8-10-15)19-12-18(16)20(4,5)6;/h1,3-4,7-8,11-12,14-18,21H,2,5-6,9-10H2;7-9,11-13H,1-6H3;/q2*-1;/i21D;3D3,13D;. The van der Waals surface area contributed by atoms with Crippen molar-refractivity contribution < 1.29 is 31.4 Å². The number of benzene rings is 4. The first-order valence-electron chi connectivity index (χ1n) is 20.8. The molecule has 8 rings (SSSR count). The quantitative estimate of drug-likeness (QED) is 0.123. The fourth-order valence-electron chi connectivity index (χ4n) is 7.16. The fourth-order valence-corrected chi connectivity index (χ4v) is 8.75. The van der Waals surface area contributed by atoms with Gasteiger partial charge < -0.3 is 14.4 Å². The summed E-state index contributed by atoms with van der Waals surface area (Å²) in [5, 5.41) is 12.7. The number of hydrogen-bond donors (Lipinski definition) is 0. The molecule has 54 heavy (non-hydrogen) atoms. The summed E-state index contributed by atoms with van der Waals surface area (Å²) in [5.41, 5.74) is 9.23. The van der Waals surface area contributed by atoms with E-state index in [0.29, 0.717) is 11.1 Å². The van der Waals surface area contributed by atoms with Crippen LogP contribution >= 0.6 is 0 Å². The van der Waals surface area contributed by atoms with Crippen molar-refractivity contribution in [3.63, 3.8) is 0 Å². The van der Waals surface area contributed by atoms with Crippen molar-refractivity contribution in [3.05, 3.63) is 138 Å². The topological polar surface area (TPSA) is 62.7 Å². The zero-order chi connectivity index (χ0) is 41.5. The van der Waals surface area contributed by atoms with Gasteiger partial charge in [0.15, 0.2) is 0 Å². The molecular formula is C48H47IrN3OSi-2. The van der Waals surface area contributed by atoms with Crippen LogP contribution in [0.5, 0.6) is 0 Å². The van der Waals surface area contributed by atoms with Crippen molar-refractivity contribution in [1.82, 2.24) is 9.97 Å². The van der Waals surface area contributed by atoms with Gasteiger partial charge in [-0.3, -0.25) is 0 Å². The number of hydrogen-bond acceptors (Lipinski definition) is 4. The molecule has 1 aliphatic rings. The van der Waals surface area contributed by atoms with Crippen LogP contribution in [0.25, 0.3) is 55.6 Å². The Kier molecular flexibility index (Phi) is 10.2. The van der Waals surface area contributed by atoms with E-state index in [1.807, 2.05) is 68.6 Å². The van der Waals surface area contributed by atoms with Gasteiger partial charge in [-0.15, -0.1) is 47.5 Å². The van der Waals surface area contributed by atoms with Gasteiger partial charge in [0.1, 0.15) is 5.58 Å². The minimum absolute atomic E-state index is 0. The van der Waals surface area contributed by atoms with Gasteiger partial charge in [-0.2, -0.15) is 0 Å². The number of fused-ring (bicyclic) bond motifs is 3. The molecule has 1 saturated carbocycles. The number of pyridine rings is 2. The van der Waals surface area contributed by atoms with E-state index in [0.717, 1.165) is 86.8 Å². The van der Waals surface area contributed by atoms with Crippen LogP contribution in [0.15, 0.2) is 108 Å². The third-order valence-electron chi connectivity index (χ3n) is 10.00. The van der Waals surface area contributed by atoms with Crippen LogP contribution in [0.2, 0.25) is 19.6 Å². The van der Waals surface area contributed by atoms with Crippen LogP contribution in [0, 0.1) is 30.3 Å². The predicted octanol–water partition coefficient (Wildman–Crippen LogP) is 12.6. The Hall–Kier alpha value is -4.66. The Morgan fingerprint density at radius 1 is 0.907 bits per heavy atom. The molecule has 0 N–H and O–H groups in total. The number of aryl methyl sites for hydroxylation is 1. The molecule has 3 aromatic heterocycles. The van der Waals surface area contributed by atoms with Crippen molar-refractivity contribution in [2.24, 2.45) is 0 Å². The van der Waals surface area contributed by atoms with E-state index < -0.39 is 26.7 Å². The van der Waals surface area contributed by atoms with Gasteiger partial charge in [-0.1, -0.05) is 131 Å². The normalized spacial score (nSPS) is 15.7. The summed E-state index contributed by atoms with van der Waals surface area (Å²) < 4.78 is 46.2. The van der Waals surface area contributed by atoms with Crippen LogP contribution in [-0.4, -0.2) is 18.0 Å². The van der Waals surface area contributed by atoms with E-state index >= 15 is 0 Å². The third kappa shape index (κ3) is 8.35. The second kappa shape index (κ2) is 16.8. The van der Waals surface area contributed by atoms with Crippen LogP contribution < -0.4 is 5.19 Å². The summed E-state index contributed by atoms with van der Waals surface area (Å²) in [7, 11) is -1.61. The summed E-state index contributed by atoms with van der Waals surface area (Å²) in [5.74, 6) is -1.29. The molecule has 0 unspecified atom stereocenters. The van der Waals surface area contributed by atoms with E-state index in [1.165, 1.54) is 17.7 Å². The minimum Gasteiger partial charge on any atom is -0.501 e. The Morgan fingerprint density at radius 2 is 1.70 bits per heavy atom. The van der Waals surface area contributed by atoms with Crippen LogP contribution in [0.3, 0.4) is 0 Å². The summed E-state index contributed by atoms with van der Waals surface area (Å²) >= 11 is 0. The van der Waals surface area contributed by atoms with E-state index in [2.05, 4.69) is 66.0 Å². The van der Waals surface area contributed by atoms with Crippen LogP contribution in [0.1, 0.15) is 86.8 Å². The van der Waals surface area contributed by atoms with Crippen molar-refractivity contribution >= 4 is 35.2 Å². The molecule has 4 aromatic carbocycles. The number of nitriles is 1. The zero-order valence-corrected chi connectivity index (χ0v) is 34.8. The van der Waals surface area contributed by atoms with Gasteiger partial charge >= 0.3 is 0 Å². The van der Waals surface area contributed by atoms with E-state index in [1.54, 1.807) is 24.4 Å². The molecule has 1 aliphatic carbocycles. The minimum atomic E-state index is -2.13. The van der Waals surface area contributed by atoms with Crippen molar-refractivity contribution in [2.45, 2.75) is 84.2 Å². The molecule has 4 nitrogen and oxygen atoms in total. The molecule has 3 heterocycles. The molecule has 6 heteroatoms. The summed E-state index contributed by atoms with van der Waals surface area (Å²) in [4.78, 5) is 9.18. The second-order valence-corrected chi connectivity index (χ2v) is 20.1. The summed E-state index contributed by atoms with van der Waals surface area (Å²) in [6.45, 7) is 8.38. The zero-order valence-electron chi connectivity index (χ0n) is 36.4. The van der Waals surface area contributed by atoms with E-state index in [-0.39, 0.29) is 25.7 Å². The molecule has 7 aromatic rings. The Labute approximate surface area is 342 Å². The largest absolute Gasteiger partial charge is 0.501 e.